The lowest BCUT2D eigenvalue weighted by atomic mass is 10.0. The van der Waals surface area contributed by atoms with Gasteiger partial charge < -0.3 is 24.3 Å². The minimum absolute atomic E-state index is 0.0834. The van der Waals surface area contributed by atoms with Gasteiger partial charge in [-0.2, -0.15) is 4.98 Å². The van der Waals surface area contributed by atoms with E-state index in [1.165, 1.54) is 0 Å². The van der Waals surface area contributed by atoms with Crippen LogP contribution in [0.5, 0.6) is 5.75 Å². The second-order valence-electron chi connectivity index (χ2n) is 11.6. The van der Waals surface area contributed by atoms with Crippen LogP contribution in [-0.4, -0.2) is 65.9 Å². The molecular weight excluding hydrogens is 538 g/mol. The molecule has 0 bridgehead atoms. The average molecular weight is 578 g/mol. The number of aliphatic hydroxyl groups excluding tert-OH is 1. The van der Waals surface area contributed by atoms with Crippen molar-refractivity contribution in [3.05, 3.63) is 50.3 Å². The summed E-state index contributed by atoms with van der Waals surface area (Å²) in [7, 11) is -2.21. The lowest BCUT2D eigenvalue weighted by Gasteiger charge is -2.39. The van der Waals surface area contributed by atoms with Crippen molar-refractivity contribution in [2.45, 2.75) is 83.5 Å². The molecule has 220 valence electrons. The number of hydrogen-bond acceptors (Lipinski definition) is 10. The number of ether oxygens (including phenoxy) is 2. The number of nitrogens with zero attached hydrogens (tertiary/aromatic N) is 2. The Kier molecular flexibility index (Phi) is 9.71. The molecule has 0 unspecified atom stereocenters. The minimum atomic E-state index is -2.21. The zero-order valence-electron chi connectivity index (χ0n) is 23.9. The fourth-order valence-corrected chi connectivity index (χ4v) is 5.22. The molecule has 14 heteroatoms. The number of aliphatic hydroxyl groups is 1. The highest BCUT2D eigenvalue weighted by Crippen LogP contribution is 2.39. The molecule has 0 aliphatic carbocycles. The molecule has 13 nitrogen and oxygen atoms in total. The summed E-state index contributed by atoms with van der Waals surface area (Å²) in [5.41, 5.74) is -0.773. The number of amides is 1. The largest absolute Gasteiger partial charge is 0.484 e. The summed E-state index contributed by atoms with van der Waals surface area (Å²) in [5.74, 6) is -0.476. The zero-order valence-corrected chi connectivity index (χ0v) is 24.9. The lowest BCUT2D eigenvalue weighted by Crippen LogP contribution is -2.46. The van der Waals surface area contributed by atoms with Gasteiger partial charge in [0.15, 0.2) is 14.9 Å². The number of H-pyrrole nitrogens is 1. The van der Waals surface area contributed by atoms with E-state index in [0.717, 1.165) is 5.56 Å². The van der Waals surface area contributed by atoms with Crippen LogP contribution in [0.3, 0.4) is 0 Å². The Morgan fingerprint density at radius 2 is 1.95 bits per heavy atom. The normalized spacial score (nSPS) is 19.5. The van der Waals surface area contributed by atoms with Crippen molar-refractivity contribution < 1.29 is 28.7 Å². The van der Waals surface area contributed by atoms with E-state index in [2.05, 4.69) is 68.3 Å². The predicted molar refractivity (Wildman–Crippen MR) is 152 cm³/mol. The number of rotatable bonds is 11. The fourth-order valence-electron chi connectivity index (χ4n) is 3.86. The second-order valence-corrected chi connectivity index (χ2v) is 16.3. The Bertz CT molecular complexity index is 1260. The standard InChI is InChI=1S/C26H39N5O8Si/c1-15(2)16-8-10-17(11-9-16)37-14-20(33)27-25-29-23(22(31(35)36)24(34)30-25)28-21-12-18(19(13-32)38-21)39-40(6,7)26(3,4)5/h8-11,15,18-19,21,32H,12-14H2,1-7H3,(H3,27,28,29,30,33,34)/t18-,19+,21+/m0/s1. The number of carbonyl (C=O) groups excluding carboxylic acids is 1. The molecule has 3 rings (SSSR count). The summed E-state index contributed by atoms with van der Waals surface area (Å²) in [6.07, 6.45) is -1.70. The molecule has 0 saturated carbocycles. The predicted octanol–water partition coefficient (Wildman–Crippen LogP) is 3.73. The number of anilines is 2. The molecular formula is C26H39N5O8Si. The molecule has 0 radical (unpaired) electrons. The summed E-state index contributed by atoms with van der Waals surface area (Å²) < 4.78 is 17.8. The number of benzene rings is 1. The smallest absolute Gasteiger partial charge is 0.375 e. The van der Waals surface area contributed by atoms with Gasteiger partial charge >= 0.3 is 11.2 Å². The highest BCUT2D eigenvalue weighted by molar-refractivity contribution is 6.74. The third-order valence-corrected chi connectivity index (χ3v) is 11.7. The Morgan fingerprint density at radius 1 is 1.30 bits per heavy atom. The second kappa shape index (κ2) is 12.5. The van der Waals surface area contributed by atoms with Crippen molar-refractivity contribution in [1.82, 2.24) is 9.97 Å². The SMILES string of the molecule is CC(C)c1ccc(OCC(=O)Nc2nc(N[C@H]3C[C@H](O[Si](C)(C)C(C)(C)C)[C@@H](CO)O3)c([N+](=O)[O-])c(=O)[nH]2)cc1. The van der Waals surface area contributed by atoms with E-state index in [0.29, 0.717) is 11.7 Å². The maximum absolute atomic E-state index is 12.5. The summed E-state index contributed by atoms with van der Waals surface area (Å²) in [5, 5.41) is 26.6. The van der Waals surface area contributed by atoms with Gasteiger partial charge in [0, 0.05) is 6.42 Å². The quantitative estimate of drug-likeness (QED) is 0.175. The number of carbonyl (C=O) groups is 1. The maximum Gasteiger partial charge on any atom is 0.375 e. The number of aromatic amines is 1. The van der Waals surface area contributed by atoms with E-state index in [1.807, 2.05) is 12.1 Å². The lowest BCUT2D eigenvalue weighted by molar-refractivity contribution is -0.385. The molecule has 1 aliphatic rings. The van der Waals surface area contributed by atoms with Crippen LogP contribution in [0.4, 0.5) is 17.5 Å². The summed E-state index contributed by atoms with van der Waals surface area (Å²) >= 11 is 0. The zero-order chi connectivity index (χ0) is 29.8. The van der Waals surface area contributed by atoms with Gasteiger partial charge in [-0.1, -0.05) is 46.8 Å². The van der Waals surface area contributed by atoms with Crippen LogP contribution in [-0.2, 0) is 14.0 Å². The molecule has 0 spiro atoms. The molecule has 1 fully saturated rings. The van der Waals surface area contributed by atoms with Gasteiger partial charge in [-0.15, -0.1) is 0 Å². The van der Waals surface area contributed by atoms with Gasteiger partial charge in [0.1, 0.15) is 18.1 Å². The van der Waals surface area contributed by atoms with Gasteiger partial charge in [-0.25, -0.2) is 0 Å². The summed E-state index contributed by atoms with van der Waals surface area (Å²) in [4.78, 5) is 42.1. The molecule has 4 N–H and O–H groups in total. The maximum atomic E-state index is 12.5. The molecule has 3 atom stereocenters. The average Bonchev–Trinajstić information content (AvgIpc) is 3.22. The third-order valence-electron chi connectivity index (χ3n) is 7.18. The number of aromatic nitrogens is 2. The Hall–Kier alpha value is -3.33. The first-order valence-corrected chi connectivity index (χ1v) is 16.0. The first kappa shape index (κ1) is 31.2. The van der Waals surface area contributed by atoms with E-state index < -0.39 is 48.8 Å². The minimum Gasteiger partial charge on any atom is -0.484 e. The third kappa shape index (κ3) is 7.65. The van der Waals surface area contributed by atoms with E-state index >= 15 is 0 Å². The molecule has 2 heterocycles. The molecule has 1 saturated heterocycles. The van der Waals surface area contributed by atoms with E-state index in [9.17, 15) is 24.8 Å². The van der Waals surface area contributed by atoms with E-state index in [1.54, 1.807) is 12.1 Å². The molecule has 2 aromatic rings. The highest BCUT2D eigenvalue weighted by atomic mass is 28.4. The number of nitrogens with one attached hydrogen (secondary N) is 3. The fraction of sp³-hybridized carbons (Fsp3) is 0.577. The molecule has 1 aliphatic heterocycles. The van der Waals surface area contributed by atoms with Crippen molar-refractivity contribution >= 4 is 31.7 Å². The van der Waals surface area contributed by atoms with Gasteiger partial charge in [-0.3, -0.25) is 30.0 Å². The molecule has 1 amide bonds. The Labute approximate surface area is 233 Å². The van der Waals surface area contributed by atoms with Gasteiger partial charge in [0.2, 0.25) is 11.8 Å². The van der Waals surface area contributed by atoms with Gasteiger partial charge in [0.05, 0.1) is 17.6 Å². The topological polar surface area (TPSA) is 178 Å². The van der Waals surface area contributed by atoms with Crippen molar-refractivity contribution in [1.29, 1.82) is 0 Å². The van der Waals surface area contributed by atoms with Crippen LogP contribution in [0.25, 0.3) is 0 Å². The number of nitro groups is 1. The van der Waals surface area contributed by atoms with Crippen molar-refractivity contribution in [3.63, 3.8) is 0 Å². The van der Waals surface area contributed by atoms with E-state index in [-0.39, 0.29) is 36.4 Å². The van der Waals surface area contributed by atoms with Crippen LogP contribution < -0.4 is 20.9 Å². The Morgan fingerprint density at radius 3 is 2.50 bits per heavy atom. The first-order valence-electron chi connectivity index (χ1n) is 13.1. The first-order chi connectivity index (χ1) is 18.6. The highest BCUT2D eigenvalue weighted by Gasteiger charge is 2.45. The summed E-state index contributed by atoms with van der Waals surface area (Å²) in [6.45, 7) is 13.9. The van der Waals surface area contributed by atoms with Crippen LogP contribution in [0, 0.1) is 10.1 Å². The number of hydrogen-bond donors (Lipinski definition) is 4. The van der Waals surface area contributed by atoms with Crippen LogP contribution in [0.2, 0.25) is 18.1 Å². The molecule has 40 heavy (non-hydrogen) atoms. The van der Waals surface area contributed by atoms with Crippen molar-refractivity contribution in [2.75, 3.05) is 23.8 Å². The van der Waals surface area contributed by atoms with Crippen molar-refractivity contribution in [2.24, 2.45) is 0 Å². The van der Waals surface area contributed by atoms with Gasteiger partial charge in [-0.05, 0) is 41.7 Å². The molecule has 1 aromatic heterocycles. The van der Waals surface area contributed by atoms with Crippen LogP contribution in [0.1, 0.15) is 52.5 Å². The summed E-state index contributed by atoms with van der Waals surface area (Å²) in [6, 6.07) is 7.30. The van der Waals surface area contributed by atoms with E-state index in [4.69, 9.17) is 13.9 Å². The van der Waals surface area contributed by atoms with Crippen LogP contribution in [0.15, 0.2) is 29.1 Å². The molecule has 1 aromatic carbocycles. The van der Waals surface area contributed by atoms with Crippen LogP contribution >= 0.6 is 0 Å². The Balaban J connectivity index is 1.72. The van der Waals surface area contributed by atoms with Crippen molar-refractivity contribution in [3.8, 4) is 5.75 Å². The van der Waals surface area contributed by atoms with Gasteiger partial charge in [0.25, 0.3) is 5.91 Å². The monoisotopic (exact) mass is 577 g/mol.